The number of thiophene rings is 1. The van der Waals surface area contributed by atoms with Crippen LogP contribution in [-0.4, -0.2) is 23.0 Å². The number of fused-ring (bicyclic) bond motifs is 1. The van der Waals surface area contributed by atoms with Gasteiger partial charge in [-0.15, -0.1) is 11.3 Å². The van der Waals surface area contributed by atoms with Gasteiger partial charge in [0.1, 0.15) is 6.04 Å². The summed E-state index contributed by atoms with van der Waals surface area (Å²) in [6, 6.07) is 1.18. The first-order chi connectivity index (χ1) is 10.1. The van der Waals surface area contributed by atoms with Crippen LogP contribution in [0.15, 0.2) is 6.07 Å². The van der Waals surface area contributed by atoms with Crippen LogP contribution in [0.5, 0.6) is 0 Å². The molecule has 1 aromatic rings. The van der Waals surface area contributed by atoms with Crippen LogP contribution in [0, 0.1) is 0 Å². The summed E-state index contributed by atoms with van der Waals surface area (Å²) in [5.41, 5.74) is 1.28. The predicted molar refractivity (Wildman–Crippen MR) is 84.0 cm³/mol. The highest BCUT2D eigenvalue weighted by Crippen LogP contribution is 2.29. The van der Waals surface area contributed by atoms with Gasteiger partial charge in [-0.25, -0.2) is 4.79 Å². The summed E-state index contributed by atoms with van der Waals surface area (Å²) in [6.07, 6.45) is 7.92. The molecular weight excluding hydrogens is 286 g/mol. The van der Waals surface area contributed by atoms with Crippen LogP contribution in [0.4, 0.5) is 0 Å². The summed E-state index contributed by atoms with van der Waals surface area (Å²) >= 11 is 1.53. The lowest BCUT2D eigenvalue weighted by Crippen LogP contribution is -2.40. The minimum atomic E-state index is -0.949. The molecule has 1 amide bonds. The maximum atomic E-state index is 12.3. The highest BCUT2D eigenvalue weighted by atomic mass is 32.1. The number of hydrogen-bond acceptors (Lipinski definition) is 3. The Balaban J connectivity index is 2.03. The van der Waals surface area contributed by atoms with Gasteiger partial charge in [0, 0.05) is 4.88 Å². The van der Waals surface area contributed by atoms with E-state index in [4.69, 9.17) is 0 Å². The van der Waals surface area contributed by atoms with E-state index >= 15 is 0 Å². The number of carboxylic acid groups (broad SMARTS) is 1. The largest absolute Gasteiger partial charge is 0.480 e. The molecule has 4 nitrogen and oxygen atoms in total. The number of carbonyl (C=O) groups excluding carboxylic acids is 1. The van der Waals surface area contributed by atoms with Crippen molar-refractivity contribution >= 4 is 23.2 Å². The number of aryl methyl sites for hydroxylation is 2. The van der Waals surface area contributed by atoms with Crippen LogP contribution in [0.25, 0.3) is 0 Å². The highest BCUT2D eigenvalue weighted by molar-refractivity contribution is 7.14. The first-order valence-electron chi connectivity index (χ1n) is 7.77. The molecule has 1 aliphatic carbocycles. The number of carbonyl (C=O) groups is 2. The summed E-state index contributed by atoms with van der Waals surface area (Å²) in [4.78, 5) is 25.4. The van der Waals surface area contributed by atoms with E-state index in [-0.39, 0.29) is 5.91 Å². The fraction of sp³-hybridized carbons (Fsp3) is 0.625. The molecule has 1 heterocycles. The lowest BCUT2D eigenvalue weighted by Gasteiger charge is -2.13. The van der Waals surface area contributed by atoms with Gasteiger partial charge in [0.2, 0.25) is 0 Å². The maximum Gasteiger partial charge on any atom is 0.326 e. The van der Waals surface area contributed by atoms with Crippen molar-refractivity contribution in [2.24, 2.45) is 0 Å². The Morgan fingerprint density at radius 1 is 1.33 bits per heavy atom. The Kier molecular flexibility index (Phi) is 5.79. The van der Waals surface area contributed by atoms with Gasteiger partial charge in [0.25, 0.3) is 5.91 Å². The van der Waals surface area contributed by atoms with Crippen molar-refractivity contribution < 1.29 is 14.7 Å². The molecule has 0 spiro atoms. The van der Waals surface area contributed by atoms with E-state index in [0.717, 1.165) is 25.7 Å². The van der Waals surface area contributed by atoms with Crippen molar-refractivity contribution in [3.05, 3.63) is 21.4 Å². The Bertz CT molecular complexity index is 486. The van der Waals surface area contributed by atoms with Gasteiger partial charge in [-0.05, 0) is 43.7 Å². The van der Waals surface area contributed by atoms with Gasteiger partial charge in [-0.3, -0.25) is 4.79 Å². The molecule has 1 unspecified atom stereocenters. The van der Waals surface area contributed by atoms with Crippen LogP contribution >= 0.6 is 11.3 Å². The number of hydrogen-bond donors (Lipinski definition) is 2. The van der Waals surface area contributed by atoms with E-state index in [0.29, 0.717) is 11.3 Å². The molecule has 0 fully saturated rings. The summed E-state index contributed by atoms with van der Waals surface area (Å²) in [6.45, 7) is 2.01. The van der Waals surface area contributed by atoms with Gasteiger partial charge in [0.05, 0.1) is 4.88 Å². The average Bonchev–Trinajstić information content (AvgIpc) is 2.74. The quantitative estimate of drug-likeness (QED) is 0.792. The summed E-state index contributed by atoms with van der Waals surface area (Å²) in [7, 11) is 0. The molecular formula is C16H23NO3S. The van der Waals surface area contributed by atoms with E-state index in [1.54, 1.807) is 0 Å². The lowest BCUT2D eigenvalue weighted by atomic mass is 10.1. The Labute approximate surface area is 129 Å². The zero-order chi connectivity index (χ0) is 15.2. The fourth-order valence-electron chi connectivity index (χ4n) is 2.67. The monoisotopic (exact) mass is 309 g/mol. The fourth-order valence-corrected chi connectivity index (χ4v) is 3.83. The van der Waals surface area contributed by atoms with Crippen LogP contribution < -0.4 is 5.32 Å². The van der Waals surface area contributed by atoms with Gasteiger partial charge in [-0.1, -0.05) is 26.2 Å². The third-order valence-electron chi connectivity index (χ3n) is 3.92. The normalized spacial score (nSPS) is 15.9. The molecule has 1 aromatic heterocycles. The minimum Gasteiger partial charge on any atom is -0.480 e. The summed E-state index contributed by atoms with van der Waals surface area (Å²) in [5, 5.41) is 11.8. The van der Waals surface area contributed by atoms with Gasteiger partial charge in [0.15, 0.2) is 0 Å². The molecule has 116 valence electrons. The highest BCUT2D eigenvalue weighted by Gasteiger charge is 2.22. The zero-order valence-electron chi connectivity index (χ0n) is 12.5. The van der Waals surface area contributed by atoms with E-state index in [9.17, 15) is 14.7 Å². The van der Waals surface area contributed by atoms with Gasteiger partial charge >= 0.3 is 5.97 Å². The molecule has 2 N–H and O–H groups in total. The molecule has 0 aromatic carbocycles. The van der Waals surface area contributed by atoms with Crippen molar-refractivity contribution in [2.75, 3.05) is 0 Å². The topological polar surface area (TPSA) is 66.4 Å². The second-order valence-corrected chi connectivity index (χ2v) is 6.76. The predicted octanol–water partition coefficient (Wildman–Crippen LogP) is 3.39. The van der Waals surface area contributed by atoms with Crippen LogP contribution in [0.3, 0.4) is 0 Å². The third kappa shape index (κ3) is 4.30. The maximum absolute atomic E-state index is 12.3. The smallest absolute Gasteiger partial charge is 0.326 e. The number of unbranched alkanes of at least 4 members (excludes halogenated alkanes) is 1. The standard InChI is InChI=1S/C16H23NO3S/c1-2-3-8-12(16(19)20)17-15(18)14-10-11-7-5-4-6-9-13(11)21-14/h10,12H,2-9H2,1H3,(H,17,18)(H,19,20). The molecule has 0 saturated carbocycles. The molecule has 21 heavy (non-hydrogen) atoms. The van der Waals surface area contributed by atoms with Crippen LogP contribution in [-0.2, 0) is 17.6 Å². The van der Waals surface area contributed by atoms with Crippen molar-refractivity contribution in [3.63, 3.8) is 0 Å². The number of rotatable bonds is 6. The van der Waals surface area contributed by atoms with Crippen molar-refractivity contribution in [1.29, 1.82) is 0 Å². The van der Waals surface area contributed by atoms with Gasteiger partial charge < -0.3 is 10.4 Å². The molecule has 0 bridgehead atoms. The Morgan fingerprint density at radius 3 is 2.81 bits per heavy atom. The minimum absolute atomic E-state index is 0.239. The molecule has 0 saturated heterocycles. The number of carboxylic acids is 1. The molecule has 1 aliphatic rings. The Hall–Kier alpha value is -1.36. The molecule has 0 aliphatic heterocycles. The van der Waals surface area contributed by atoms with Crippen molar-refractivity contribution in [2.45, 2.75) is 64.3 Å². The van der Waals surface area contributed by atoms with Crippen LogP contribution in [0.1, 0.15) is 65.6 Å². The second-order valence-electron chi connectivity index (χ2n) is 5.63. The number of nitrogens with one attached hydrogen (secondary N) is 1. The third-order valence-corrected chi connectivity index (χ3v) is 5.16. The van der Waals surface area contributed by atoms with E-state index in [1.807, 2.05) is 13.0 Å². The number of amides is 1. The summed E-state index contributed by atoms with van der Waals surface area (Å²) in [5.74, 6) is -1.19. The SMILES string of the molecule is CCCCC(NC(=O)c1cc2c(s1)CCCCC2)C(=O)O. The number of aliphatic carboxylic acids is 1. The first-order valence-corrected chi connectivity index (χ1v) is 8.58. The lowest BCUT2D eigenvalue weighted by molar-refractivity contribution is -0.139. The van der Waals surface area contributed by atoms with Crippen molar-refractivity contribution in [3.8, 4) is 0 Å². The van der Waals surface area contributed by atoms with Crippen molar-refractivity contribution in [1.82, 2.24) is 5.32 Å². The molecule has 2 rings (SSSR count). The van der Waals surface area contributed by atoms with E-state index in [1.165, 1.54) is 41.0 Å². The molecule has 5 heteroatoms. The second kappa shape index (κ2) is 7.59. The van der Waals surface area contributed by atoms with Gasteiger partial charge in [-0.2, -0.15) is 0 Å². The molecule has 0 radical (unpaired) electrons. The average molecular weight is 309 g/mol. The van der Waals surface area contributed by atoms with Crippen LogP contribution in [0.2, 0.25) is 0 Å². The Morgan fingerprint density at radius 2 is 2.10 bits per heavy atom. The molecule has 1 atom stereocenters. The van der Waals surface area contributed by atoms with E-state index in [2.05, 4.69) is 5.32 Å². The summed E-state index contributed by atoms with van der Waals surface area (Å²) < 4.78 is 0. The zero-order valence-corrected chi connectivity index (χ0v) is 13.3. The first kappa shape index (κ1) is 16.0. The van der Waals surface area contributed by atoms with E-state index < -0.39 is 12.0 Å².